The molecule has 0 aromatic heterocycles. The number of hydrogen-bond acceptors (Lipinski definition) is 3. The van der Waals surface area contributed by atoms with Crippen LogP contribution in [0.25, 0.3) is 0 Å². The molecule has 0 amide bonds. The molecule has 0 heterocycles. The van der Waals surface area contributed by atoms with Crippen LogP contribution in [-0.2, 0) is 0 Å². The van der Waals surface area contributed by atoms with Crippen LogP contribution >= 0.6 is 0 Å². The van der Waals surface area contributed by atoms with E-state index in [0.29, 0.717) is 17.5 Å². The van der Waals surface area contributed by atoms with Crippen LogP contribution in [0.1, 0.15) is 48.9 Å². The fraction of sp³-hybridized carbons (Fsp3) is 0.533. The monoisotopic (exact) mass is 263 g/mol. The number of hydrogen-bond donors (Lipinski definition) is 2. The predicted molar refractivity (Wildman–Crippen MR) is 75.1 cm³/mol. The molecular weight excluding hydrogens is 242 g/mol. The summed E-state index contributed by atoms with van der Waals surface area (Å²) < 4.78 is 5.08. The average Bonchev–Trinajstić information content (AvgIpc) is 2.67. The minimum absolute atomic E-state index is 0.281. The number of benzene rings is 1. The van der Waals surface area contributed by atoms with Gasteiger partial charge in [0.05, 0.1) is 12.7 Å². The molecule has 1 aromatic rings. The highest BCUT2D eigenvalue weighted by Gasteiger charge is 2.16. The van der Waals surface area contributed by atoms with E-state index in [1.807, 2.05) is 0 Å². The molecule has 0 atom stereocenters. The van der Waals surface area contributed by atoms with Crippen LogP contribution in [-0.4, -0.2) is 24.2 Å². The van der Waals surface area contributed by atoms with E-state index in [1.165, 1.54) is 25.7 Å². The van der Waals surface area contributed by atoms with E-state index in [1.54, 1.807) is 25.3 Å². The molecule has 2 rings (SSSR count). The molecule has 4 nitrogen and oxygen atoms in total. The van der Waals surface area contributed by atoms with Crippen LogP contribution < -0.4 is 10.1 Å². The lowest BCUT2D eigenvalue weighted by Gasteiger charge is -2.19. The smallest absolute Gasteiger partial charge is 0.337 e. The van der Waals surface area contributed by atoms with Crippen LogP contribution in [0.4, 0.5) is 5.69 Å². The van der Waals surface area contributed by atoms with E-state index in [9.17, 15) is 9.90 Å². The minimum Gasteiger partial charge on any atom is -0.497 e. The Morgan fingerprint density at radius 2 is 1.95 bits per heavy atom. The normalized spacial score (nSPS) is 16.7. The number of anilines is 1. The van der Waals surface area contributed by atoms with Gasteiger partial charge in [0, 0.05) is 11.7 Å². The molecule has 19 heavy (non-hydrogen) atoms. The maximum Gasteiger partial charge on any atom is 0.337 e. The third kappa shape index (κ3) is 3.63. The molecule has 1 aromatic carbocycles. The molecule has 0 unspecified atom stereocenters. The Balaban J connectivity index is 2.16. The molecule has 2 N–H and O–H groups in total. The number of nitrogens with one attached hydrogen (secondary N) is 1. The molecule has 0 aliphatic heterocycles. The number of carboxylic acids is 1. The average molecular weight is 263 g/mol. The molecule has 1 saturated carbocycles. The first-order chi connectivity index (χ1) is 9.20. The van der Waals surface area contributed by atoms with E-state index in [0.717, 1.165) is 12.8 Å². The van der Waals surface area contributed by atoms with Crippen LogP contribution in [0, 0.1) is 0 Å². The predicted octanol–water partition coefficient (Wildman–Crippen LogP) is 3.53. The van der Waals surface area contributed by atoms with Gasteiger partial charge < -0.3 is 15.2 Å². The second-order valence-electron chi connectivity index (χ2n) is 5.05. The highest BCUT2D eigenvalue weighted by molar-refractivity contribution is 5.94. The Morgan fingerprint density at radius 3 is 2.53 bits per heavy atom. The summed E-state index contributed by atoms with van der Waals surface area (Å²) in [5.74, 6) is -0.348. The Labute approximate surface area is 113 Å². The Kier molecular flexibility index (Phi) is 4.66. The van der Waals surface area contributed by atoms with Crippen LogP contribution in [0.2, 0.25) is 0 Å². The second-order valence-corrected chi connectivity index (χ2v) is 5.05. The maximum atomic E-state index is 11.3. The number of methoxy groups -OCH3 is 1. The summed E-state index contributed by atoms with van der Waals surface area (Å²) >= 11 is 0. The molecule has 0 bridgehead atoms. The van der Waals surface area contributed by atoms with E-state index in [-0.39, 0.29) is 5.56 Å². The summed E-state index contributed by atoms with van der Waals surface area (Å²) in [6.45, 7) is 0. The Hall–Kier alpha value is -1.71. The Morgan fingerprint density at radius 1 is 1.26 bits per heavy atom. The van der Waals surface area contributed by atoms with Crippen molar-refractivity contribution < 1.29 is 14.6 Å². The summed E-state index contributed by atoms with van der Waals surface area (Å²) in [5.41, 5.74) is 0.976. The molecular formula is C15H21NO3. The number of ether oxygens (including phenoxy) is 1. The van der Waals surface area contributed by atoms with Crippen molar-refractivity contribution in [3.63, 3.8) is 0 Å². The van der Waals surface area contributed by atoms with Crippen LogP contribution in [0.3, 0.4) is 0 Å². The third-order valence-electron chi connectivity index (χ3n) is 3.67. The summed E-state index contributed by atoms with van der Waals surface area (Å²) in [6, 6.07) is 5.55. The number of carbonyl (C=O) groups is 1. The lowest BCUT2D eigenvalue weighted by Crippen LogP contribution is -2.20. The SMILES string of the molecule is COc1ccc(NC2CCCCCC2)c(C(=O)O)c1. The van der Waals surface area contributed by atoms with Gasteiger partial charge >= 0.3 is 5.97 Å². The van der Waals surface area contributed by atoms with E-state index >= 15 is 0 Å². The fourth-order valence-corrected chi connectivity index (χ4v) is 2.60. The zero-order valence-electron chi connectivity index (χ0n) is 11.3. The molecule has 0 saturated heterocycles. The van der Waals surface area contributed by atoms with Crippen molar-refractivity contribution in [2.24, 2.45) is 0 Å². The number of carboxylic acid groups (broad SMARTS) is 1. The zero-order valence-corrected chi connectivity index (χ0v) is 11.3. The number of aromatic carboxylic acids is 1. The van der Waals surface area contributed by atoms with Gasteiger partial charge in [0.15, 0.2) is 0 Å². The zero-order chi connectivity index (χ0) is 13.7. The summed E-state index contributed by atoms with van der Waals surface area (Å²) in [7, 11) is 1.54. The largest absolute Gasteiger partial charge is 0.497 e. The van der Waals surface area contributed by atoms with Crippen molar-refractivity contribution >= 4 is 11.7 Å². The van der Waals surface area contributed by atoms with E-state index in [4.69, 9.17) is 4.74 Å². The van der Waals surface area contributed by atoms with Crippen molar-refractivity contribution in [3.05, 3.63) is 23.8 Å². The van der Waals surface area contributed by atoms with Crippen molar-refractivity contribution in [3.8, 4) is 5.75 Å². The van der Waals surface area contributed by atoms with Gasteiger partial charge in [-0.1, -0.05) is 25.7 Å². The summed E-state index contributed by atoms with van der Waals surface area (Å²) in [4.78, 5) is 11.3. The van der Waals surface area contributed by atoms with Gasteiger partial charge in [0.1, 0.15) is 5.75 Å². The topological polar surface area (TPSA) is 58.6 Å². The highest BCUT2D eigenvalue weighted by Crippen LogP contribution is 2.26. The summed E-state index contributed by atoms with van der Waals surface area (Å²) in [5, 5.41) is 12.7. The molecule has 4 heteroatoms. The fourth-order valence-electron chi connectivity index (χ4n) is 2.60. The lowest BCUT2D eigenvalue weighted by atomic mass is 10.1. The van der Waals surface area contributed by atoms with Crippen molar-refractivity contribution in [2.75, 3.05) is 12.4 Å². The standard InChI is InChI=1S/C15H21NO3/c1-19-12-8-9-14(13(10-12)15(17)18)16-11-6-4-2-3-5-7-11/h8-11,16H,2-7H2,1H3,(H,17,18). The molecule has 0 spiro atoms. The van der Waals surface area contributed by atoms with E-state index < -0.39 is 5.97 Å². The molecule has 0 radical (unpaired) electrons. The number of rotatable bonds is 4. The van der Waals surface area contributed by atoms with Gasteiger partial charge in [0.2, 0.25) is 0 Å². The van der Waals surface area contributed by atoms with Gasteiger partial charge in [0.25, 0.3) is 0 Å². The van der Waals surface area contributed by atoms with Crippen molar-refractivity contribution in [1.82, 2.24) is 0 Å². The van der Waals surface area contributed by atoms with Crippen LogP contribution in [0.5, 0.6) is 5.75 Å². The first kappa shape index (κ1) is 13.7. The third-order valence-corrected chi connectivity index (χ3v) is 3.67. The van der Waals surface area contributed by atoms with Gasteiger partial charge in [-0.15, -0.1) is 0 Å². The Bertz CT molecular complexity index is 437. The quantitative estimate of drug-likeness (QED) is 0.816. The first-order valence-corrected chi connectivity index (χ1v) is 6.88. The van der Waals surface area contributed by atoms with Gasteiger partial charge in [-0.3, -0.25) is 0 Å². The summed E-state index contributed by atoms with van der Waals surface area (Å²) in [6.07, 6.45) is 7.24. The van der Waals surface area contributed by atoms with Crippen LogP contribution in [0.15, 0.2) is 18.2 Å². The van der Waals surface area contributed by atoms with Gasteiger partial charge in [-0.2, -0.15) is 0 Å². The molecule has 1 aliphatic carbocycles. The molecule has 1 aliphatic rings. The lowest BCUT2D eigenvalue weighted by molar-refractivity contribution is 0.0697. The molecule has 104 valence electrons. The van der Waals surface area contributed by atoms with E-state index in [2.05, 4.69) is 5.32 Å². The highest BCUT2D eigenvalue weighted by atomic mass is 16.5. The van der Waals surface area contributed by atoms with Gasteiger partial charge in [-0.25, -0.2) is 4.79 Å². The van der Waals surface area contributed by atoms with Crippen molar-refractivity contribution in [1.29, 1.82) is 0 Å². The second kappa shape index (κ2) is 6.45. The molecule has 1 fully saturated rings. The van der Waals surface area contributed by atoms with Crippen molar-refractivity contribution in [2.45, 2.75) is 44.6 Å². The minimum atomic E-state index is -0.921. The maximum absolute atomic E-state index is 11.3. The van der Waals surface area contributed by atoms with Gasteiger partial charge in [-0.05, 0) is 31.0 Å². The first-order valence-electron chi connectivity index (χ1n) is 6.88.